The van der Waals surface area contributed by atoms with Crippen LogP contribution in [0.3, 0.4) is 0 Å². The molecule has 3 aromatic carbocycles. The Morgan fingerprint density at radius 2 is 1.03 bits per heavy atom. The van der Waals surface area contributed by atoms with Crippen LogP contribution in [0.4, 0.5) is 11.4 Å². The van der Waals surface area contributed by atoms with Crippen molar-refractivity contribution in [3.63, 3.8) is 0 Å². The summed E-state index contributed by atoms with van der Waals surface area (Å²) < 4.78 is 0. The Morgan fingerprint density at radius 3 is 1.59 bits per heavy atom. The summed E-state index contributed by atoms with van der Waals surface area (Å²) in [5.41, 5.74) is 3.48. The molecule has 5 heteroatoms. The van der Waals surface area contributed by atoms with Crippen molar-refractivity contribution in [1.29, 1.82) is 0 Å². The third-order valence-corrected chi connectivity index (χ3v) is 6.55. The molecule has 0 saturated heterocycles. The van der Waals surface area contributed by atoms with E-state index in [9.17, 15) is 9.59 Å². The van der Waals surface area contributed by atoms with E-state index in [0.717, 1.165) is 19.4 Å². The van der Waals surface area contributed by atoms with Crippen LogP contribution >= 0.6 is 11.8 Å². The summed E-state index contributed by atoms with van der Waals surface area (Å²) in [6.45, 7) is 1.30. The molecule has 0 unspecified atom stereocenters. The first-order valence-corrected chi connectivity index (χ1v) is 10.6. The van der Waals surface area contributed by atoms with Gasteiger partial charge in [0.25, 0.3) is 11.8 Å². The summed E-state index contributed by atoms with van der Waals surface area (Å²) in [5, 5.41) is 0. The lowest BCUT2D eigenvalue weighted by molar-refractivity contribution is 0.0652. The standard InChI is InChI=1S/C24H20N2O2S/c27-23-17-9-1-2-10-18(17)24(28)26(23)16-8-7-15-25-19-11-3-5-13-21(19)29-22-14-6-4-12-20(22)25/h1-6,9-14H,7-8,15-16H2. The van der Waals surface area contributed by atoms with E-state index in [-0.39, 0.29) is 11.8 Å². The summed E-state index contributed by atoms with van der Waals surface area (Å²) in [7, 11) is 0. The van der Waals surface area contributed by atoms with E-state index in [1.165, 1.54) is 26.1 Å². The van der Waals surface area contributed by atoms with Crippen LogP contribution in [0.25, 0.3) is 0 Å². The summed E-state index contributed by atoms with van der Waals surface area (Å²) in [6.07, 6.45) is 1.67. The number of carbonyl (C=O) groups is 2. The molecule has 2 amide bonds. The Hall–Kier alpha value is -3.05. The van der Waals surface area contributed by atoms with Crippen molar-refractivity contribution in [3.05, 3.63) is 83.9 Å². The molecular weight excluding hydrogens is 380 g/mol. The van der Waals surface area contributed by atoms with Crippen molar-refractivity contribution in [2.24, 2.45) is 0 Å². The van der Waals surface area contributed by atoms with E-state index < -0.39 is 0 Å². The third-order valence-electron chi connectivity index (χ3n) is 5.42. The Labute approximate surface area is 174 Å². The largest absolute Gasteiger partial charge is 0.340 e. The van der Waals surface area contributed by atoms with E-state index in [4.69, 9.17) is 0 Å². The average Bonchev–Trinajstić information content (AvgIpc) is 3.01. The minimum Gasteiger partial charge on any atom is -0.340 e. The molecule has 3 aromatic rings. The molecular formula is C24H20N2O2S. The first-order chi connectivity index (χ1) is 14.2. The highest BCUT2D eigenvalue weighted by atomic mass is 32.2. The van der Waals surface area contributed by atoms with E-state index >= 15 is 0 Å². The van der Waals surface area contributed by atoms with Gasteiger partial charge in [-0.25, -0.2) is 0 Å². The van der Waals surface area contributed by atoms with Gasteiger partial charge in [0, 0.05) is 22.9 Å². The van der Waals surface area contributed by atoms with E-state index in [0.29, 0.717) is 17.7 Å². The van der Waals surface area contributed by atoms with Crippen LogP contribution in [-0.4, -0.2) is 29.8 Å². The molecule has 29 heavy (non-hydrogen) atoms. The Balaban J connectivity index is 1.27. The highest BCUT2D eigenvalue weighted by Gasteiger charge is 2.34. The zero-order valence-electron chi connectivity index (χ0n) is 15.9. The van der Waals surface area contributed by atoms with Crippen molar-refractivity contribution in [1.82, 2.24) is 4.90 Å². The predicted octanol–water partition coefficient (Wildman–Crippen LogP) is 5.37. The molecule has 0 atom stereocenters. The number of hydrogen-bond acceptors (Lipinski definition) is 4. The van der Waals surface area contributed by atoms with Gasteiger partial charge in [-0.2, -0.15) is 0 Å². The molecule has 144 valence electrons. The summed E-state index contributed by atoms with van der Waals surface area (Å²) in [4.78, 5) is 31.3. The van der Waals surface area contributed by atoms with Gasteiger partial charge >= 0.3 is 0 Å². The van der Waals surface area contributed by atoms with Crippen molar-refractivity contribution in [2.75, 3.05) is 18.0 Å². The highest BCUT2D eigenvalue weighted by molar-refractivity contribution is 7.99. The first-order valence-electron chi connectivity index (χ1n) is 9.83. The second-order valence-corrected chi connectivity index (χ2v) is 8.29. The fraction of sp³-hybridized carbons (Fsp3) is 0.167. The molecule has 4 nitrogen and oxygen atoms in total. The minimum absolute atomic E-state index is 0.171. The molecule has 0 spiro atoms. The van der Waals surface area contributed by atoms with Gasteiger partial charge in [-0.05, 0) is 49.2 Å². The predicted molar refractivity (Wildman–Crippen MR) is 115 cm³/mol. The van der Waals surface area contributed by atoms with Crippen LogP contribution in [-0.2, 0) is 0 Å². The van der Waals surface area contributed by atoms with Crippen LogP contribution < -0.4 is 4.90 Å². The minimum atomic E-state index is -0.171. The van der Waals surface area contributed by atoms with E-state index in [2.05, 4.69) is 53.4 Å². The SMILES string of the molecule is O=C1c2ccccc2C(=O)N1CCCCN1c2ccccc2Sc2ccccc21. The first kappa shape index (κ1) is 18.0. The fourth-order valence-corrected chi connectivity index (χ4v) is 5.10. The number of fused-ring (bicyclic) bond motifs is 3. The van der Waals surface area contributed by atoms with Crippen molar-refractivity contribution < 1.29 is 9.59 Å². The molecule has 0 fully saturated rings. The van der Waals surface area contributed by atoms with Crippen LogP contribution in [0, 0.1) is 0 Å². The van der Waals surface area contributed by atoms with Crippen LogP contribution in [0.5, 0.6) is 0 Å². The lowest BCUT2D eigenvalue weighted by atomic mass is 10.1. The number of unbranched alkanes of at least 4 members (excludes halogenated alkanes) is 1. The number of rotatable bonds is 5. The average molecular weight is 401 g/mol. The molecule has 2 heterocycles. The number of para-hydroxylation sites is 2. The highest BCUT2D eigenvalue weighted by Crippen LogP contribution is 2.47. The Morgan fingerprint density at radius 1 is 0.586 bits per heavy atom. The van der Waals surface area contributed by atoms with Crippen molar-refractivity contribution >= 4 is 35.0 Å². The van der Waals surface area contributed by atoms with Crippen LogP contribution in [0.1, 0.15) is 33.6 Å². The second-order valence-electron chi connectivity index (χ2n) is 7.20. The summed E-state index contributed by atoms with van der Waals surface area (Å²) in [5.74, 6) is -0.341. The second kappa shape index (κ2) is 7.41. The molecule has 0 radical (unpaired) electrons. The van der Waals surface area contributed by atoms with E-state index in [1.54, 1.807) is 36.0 Å². The number of hydrogen-bond donors (Lipinski definition) is 0. The van der Waals surface area contributed by atoms with Crippen LogP contribution in [0.2, 0.25) is 0 Å². The van der Waals surface area contributed by atoms with Gasteiger partial charge in [-0.3, -0.25) is 14.5 Å². The molecule has 2 aliphatic heterocycles. The Bertz CT molecular complexity index is 1030. The number of anilines is 2. The molecule has 0 bridgehead atoms. The molecule has 0 aliphatic carbocycles. The molecule has 2 aliphatic rings. The number of imide groups is 1. The lowest BCUT2D eigenvalue weighted by Crippen LogP contribution is -2.31. The summed E-state index contributed by atoms with van der Waals surface area (Å²) >= 11 is 1.80. The van der Waals surface area contributed by atoms with Gasteiger partial charge in [0.15, 0.2) is 0 Å². The Kier molecular flexibility index (Phi) is 4.60. The molecule has 0 aromatic heterocycles. The lowest BCUT2D eigenvalue weighted by Gasteiger charge is -2.32. The summed E-state index contributed by atoms with van der Waals surface area (Å²) in [6, 6.07) is 24.0. The van der Waals surface area contributed by atoms with E-state index in [1.807, 2.05) is 0 Å². The van der Waals surface area contributed by atoms with Gasteiger partial charge < -0.3 is 4.90 Å². The zero-order chi connectivity index (χ0) is 19.8. The monoisotopic (exact) mass is 400 g/mol. The smallest absolute Gasteiger partial charge is 0.261 e. The quantitative estimate of drug-likeness (QED) is 0.427. The number of benzene rings is 3. The molecule has 5 rings (SSSR count). The normalized spacial score (nSPS) is 14.6. The van der Waals surface area contributed by atoms with Crippen molar-refractivity contribution in [2.45, 2.75) is 22.6 Å². The van der Waals surface area contributed by atoms with Gasteiger partial charge in [-0.1, -0.05) is 48.2 Å². The zero-order valence-corrected chi connectivity index (χ0v) is 16.7. The van der Waals surface area contributed by atoms with Gasteiger partial charge in [0.05, 0.1) is 22.5 Å². The number of amides is 2. The molecule has 0 saturated carbocycles. The number of carbonyl (C=O) groups excluding carboxylic acids is 2. The third kappa shape index (κ3) is 3.12. The maximum absolute atomic E-state index is 12.5. The number of nitrogens with zero attached hydrogens (tertiary/aromatic N) is 2. The van der Waals surface area contributed by atoms with Gasteiger partial charge in [0.2, 0.25) is 0 Å². The van der Waals surface area contributed by atoms with Gasteiger partial charge in [-0.15, -0.1) is 0 Å². The molecule has 0 N–H and O–H groups in total. The maximum atomic E-state index is 12.5. The maximum Gasteiger partial charge on any atom is 0.261 e. The topological polar surface area (TPSA) is 40.6 Å². The van der Waals surface area contributed by atoms with Crippen LogP contribution in [0.15, 0.2) is 82.6 Å². The van der Waals surface area contributed by atoms with Crippen molar-refractivity contribution in [3.8, 4) is 0 Å². The van der Waals surface area contributed by atoms with Gasteiger partial charge in [0.1, 0.15) is 0 Å². The fourth-order valence-electron chi connectivity index (χ4n) is 4.00.